The first-order valence-electron chi connectivity index (χ1n) is 8.23. The van der Waals surface area contributed by atoms with Crippen molar-refractivity contribution >= 4 is 29.3 Å². The number of ether oxygens (including phenoxy) is 1. The van der Waals surface area contributed by atoms with E-state index in [9.17, 15) is 4.79 Å². The van der Waals surface area contributed by atoms with E-state index in [2.05, 4.69) is 26.1 Å². The van der Waals surface area contributed by atoms with Crippen LogP contribution in [0.5, 0.6) is 5.75 Å². The number of hydrogen-bond acceptors (Lipinski definition) is 3. The van der Waals surface area contributed by atoms with E-state index >= 15 is 0 Å². The molecule has 5 heteroatoms. The van der Waals surface area contributed by atoms with Gasteiger partial charge in [0, 0.05) is 22.2 Å². The Morgan fingerprint density at radius 1 is 1.08 bits per heavy atom. The van der Waals surface area contributed by atoms with Crippen LogP contribution < -0.4 is 10.1 Å². The SMILES string of the molecule is CC(C)(C)c1ccc(OCC(=O)NCCSc2ccc(Cl)cc2)cc1. The molecule has 0 bridgehead atoms. The number of nitrogens with one attached hydrogen (secondary N) is 1. The van der Waals surface area contributed by atoms with Crippen LogP contribution in [0.4, 0.5) is 0 Å². The zero-order valence-corrected chi connectivity index (χ0v) is 16.4. The highest BCUT2D eigenvalue weighted by atomic mass is 35.5. The van der Waals surface area contributed by atoms with Crippen molar-refractivity contribution in [3.05, 3.63) is 59.1 Å². The van der Waals surface area contributed by atoms with Crippen LogP contribution in [0.15, 0.2) is 53.4 Å². The van der Waals surface area contributed by atoms with Crippen molar-refractivity contribution in [2.24, 2.45) is 0 Å². The summed E-state index contributed by atoms with van der Waals surface area (Å²) in [4.78, 5) is 13.0. The van der Waals surface area contributed by atoms with Crippen molar-refractivity contribution in [2.75, 3.05) is 18.9 Å². The summed E-state index contributed by atoms with van der Waals surface area (Å²) in [7, 11) is 0. The maximum atomic E-state index is 11.8. The molecule has 0 aromatic heterocycles. The van der Waals surface area contributed by atoms with Crippen LogP contribution in [0.2, 0.25) is 5.02 Å². The van der Waals surface area contributed by atoms with Gasteiger partial charge in [-0.1, -0.05) is 44.5 Å². The summed E-state index contributed by atoms with van der Waals surface area (Å²) in [5.74, 6) is 1.39. The molecular formula is C20H24ClNO2S. The van der Waals surface area contributed by atoms with Crippen molar-refractivity contribution in [2.45, 2.75) is 31.1 Å². The van der Waals surface area contributed by atoms with Crippen LogP contribution in [0.3, 0.4) is 0 Å². The molecule has 1 N–H and O–H groups in total. The van der Waals surface area contributed by atoms with Crippen LogP contribution in [0.1, 0.15) is 26.3 Å². The minimum absolute atomic E-state index is 0.0283. The Morgan fingerprint density at radius 3 is 2.32 bits per heavy atom. The van der Waals surface area contributed by atoms with Gasteiger partial charge in [-0.3, -0.25) is 4.79 Å². The molecule has 0 spiro atoms. The lowest BCUT2D eigenvalue weighted by atomic mass is 9.87. The predicted molar refractivity (Wildman–Crippen MR) is 106 cm³/mol. The van der Waals surface area contributed by atoms with E-state index < -0.39 is 0 Å². The van der Waals surface area contributed by atoms with Crippen LogP contribution in [-0.2, 0) is 10.2 Å². The average molecular weight is 378 g/mol. The van der Waals surface area contributed by atoms with Crippen molar-refractivity contribution in [3.63, 3.8) is 0 Å². The molecule has 0 atom stereocenters. The quantitative estimate of drug-likeness (QED) is 0.549. The lowest BCUT2D eigenvalue weighted by molar-refractivity contribution is -0.122. The zero-order chi connectivity index (χ0) is 18.3. The number of thioether (sulfide) groups is 1. The van der Waals surface area contributed by atoms with Gasteiger partial charge in [0.1, 0.15) is 5.75 Å². The average Bonchev–Trinajstić information content (AvgIpc) is 2.58. The van der Waals surface area contributed by atoms with Crippen LogP contribution in [-0.4, -0.2) is 24.8 Å². The maximum absolute atomic E-state index is 11.8. The highest BCUT2D eigenvalue weighted by Crippen LogP contribution is 2.24. The summed E-state index contributed by atoms with van der Waals surface area (Å²) in [6.07, 6.45) is 0. The zero-order valence-electron chi connectivity index (χ0n) is 14.8. The minimum atomic E-state index is -0.114. The van der Waals surface area contributed by atoms with Crippen molar-refractivity contribution in [1.29, 1.82) is 0 Å². The van der Waals surface area contributed by atoms with E-state index in [0.717, 1.165) is 15.7 Å². The van der Waals surface area contributed by atoms with Gasteiger partial charge in [-0.25, -0.2) is 0 Å². The first-order chi connectivity index (χ1) is 11.8. The Kier molecular flexibility index (Phi) is 7.21. The number of carbonyl (C=O) groups is 1. The molecule has 0 heterocycles. The van der Waals surface area contributed by atoms with Crippen LogP contribution in [0, 0.1) is 0 Å². The number of halogens is 1. The minimum Gasteiger partial charge on any atom is -0.484 e. The lowest BCUT2D eigenvalue weighted by Crippen LogP contribution is -2.30. The van der Waals surface area contributed by atoms with Gasteiger partial charge in [0.15, 0.2) is 6.61 Å². The Morgan fingerprint density at radius 2 is 1.72 bits per heavy atom. The van der Waals surface area contributed by atoms with Crippen LogP contribution in [0.25, 0.3) is 0 Å². The van der Waals surface area contributed by atoms with Gasteiger partial charge < -0.3 is 10.1 Å². The molecule has 0 aliphatic heterocycles. The standard InChI is InChI=1S/C20H24ClNO2S/c1-20(2,3)15-4-8-17(9-5-15)24-14-19(23)22-12-13-25-18-10-6-16(21)7-11-18/h4-11H,12-14H2,1-3H3,(H,22,23). The molecule has 0 aliphatic rings. The summed E-state index contributed by atoms with van der Waals surface area (Å²) in [5.41, 5.74) is 1.35. The largest absolute Gasteiger partial charge is 0.484 e. The van der Waals surface area contributed by atoms with Gasteiger partial charge in [-0.15, -0.1) is 11.8 Å². The molecule has 0 unspecified atom stereocenters. The van der Waals surface area contributed by atoms with E-state index in [-0.39, 0.29) is 17.9 Å². The summed E-state index contributed by atoms with van der Waals surface area (Å²) in [6, 6.07) is 15.6. The number of rotatable bonds is 7. The van der Waals surface area contributed by atoms with Gasteiger partial charge in [0.25, 0.3) is 5.91 Å². The molecule has 0 saturated carbocycles. The third kappa shape index (κ3) is 7.00. The summed E-state index contributed by atoms with van der Waals surface area (Å²) >= 11 is 7.53. The molecule has 2 rings (SSSR count). The molecular weight excluding hydrogens is 354 g/mol. The van der Waals surface area contributed by atoms with Gasteiger partial charge in [-0.05, 0) is 47.4 Å². The van der Waals surface area contributed by atoms with Gasteiger partial charge in [-0.2, -0.15) is 0 Å². The second-order valence-electron chi connectivity index (χ2n) is 6.72. The number of amides is 1. The summed E-state index contributed by atoms with van der Waals surface area (Å²) < 4.78 is 5.53. The lowest BCUT2D eigenvalue weighted by Gasteiger charge is -2.19. The summed E-state index contributed by atoms with van der Waals surface area (Å²) in [5, 5.41) is 3.59. The van der Waals surface area contributed by atoms with E-state index in [1.165, 1.54) is 5.56 Å². The number of carbonyl (C=O) groups excluding carboxylic acids is 1. The smallest absolute Gasteiger partial charge is 0.257 e. The van der Waals surface area contributed by atoms with Gasteiger partial charge in [0.2, 0.25) is 0 Å². The predicted octanol–water partition coefficient (Wildman–Crippen LogP) is 4.92. The molecule has 3 nitrogen and oxygen atoms in total. The molecule has 0 fully saturated rings. The fraction of sp³-hybridized carbons (Fsp3) is 0.350. The third-order valence-electron chi connectivity index (χ3n) is 3.60. The van der Waals surface area contributed by atoms with Crippen molar-refractivity contribution < 1.29 is 9.53 Å². The van der Waals surface area contributed by atoms with Crippen molar-refractivity contribution in [1.82, 2.24) is 5.32 Å². The highest BCUT2D eigenvalue weighted by Gasteiger charge is 2.13. The van der Waals surface area contributed by atoms with Crippen LogP contribution >= 0.6 is 23.4 Å². The number of hydrogen-bond donors (Lipinski definition) is 1. The fourth-order valence-corrected chi connectivity index (χ4v) is 3.04. The second kappa shape index (κ2) is 9.16. The van der Waals surface area contributed by atoms with E-state index in [0.29, 0.717) is 12.3 Å². The molecule has 1 amide bonds. The Balaban J connectivity index is 1.66. The molecule has 0 radical (unpaired) electrons. The van der Waals surface area contributed by atoms with Gasteiger partial charge >= 0.3 is 0 Å². The summed E-state index contributed by atoms with van der Waals surface area (Å²) in [6.45, 7) is 7.12. The first kappa shape index (κ1) is 19.7. The molecule has 0 saturated heterocycles. The third-order valence-corrected chi connectivity index (χ3v) is 4.86. The second-order valence-corrected chi connectivity index (χ2v) is 8.32. The number of benzene rings is 2. The fourth-order valence-electron chi connectivity index (χ4n) is 2.14. The molecule has 134 valence electrons. The topological polar surface area (TPSA) is 38.3 Å². The van der Waals surface area contributed by atoms with Gasteiger partial charge in [0.05, 0.1) is 0 Å². The maximum Gasteiger partial charge on any atom is 0.257 e. The van der Waals surface area contributed by atoms with E-state index in [1.807, 2.05) is 48.5 Å². The molecule has 0 aliphatic carbocycles. The first-order valence-corrected chi connectivity index (χ1v) is 9.59. The normalized spacial score (nSPS) is 11.2. The monoisotopic (exact) mass is 377 g/mol. The Labute approximate surface area is 159 Å². The Bertz CT molecular complexity index is 678. The molecule has 25 heavy (non-hydrogen) atoms. The molecule has 2 aromatic rings. The highest BCUT2D eigenvalue weighted by molar-refractivity contribution is 7.99. The molecule has 2 aromatic carbocycles. The van der Waals surface area contributed by atoms with E-state index in [1.54, 1.807) is 11.8 Å². The van der Waals surface area contributed by atoms with E-state index in [4.69, 9.17) is 16.3 Å². The Hall–Kier alpha value is -1.65. The van der Waals surface area contributed by atoms with Crippen molar-refractivity contribution in [3.8, 4) is 5.75 Å².